The highest BCUT2D eigenvalue weighted by Gasteiger charge is 2.16. The van der Waals surface area contributed by atoms with Gasteiger partial charge < -0.3 is 10.4 Å². The fraction of sp³-hybridized carbons (Fsp3) is 0.0714. The quantitative estimate of drug-likeness (QED) is 0.909. The summed E-state index contributed by atoms with van der Waals surface area (Å²) in [7, 11) is 1.51. The molecule has 0 aliphatic rings. The predicted molar refractivity (Wildman–Crippen MR) is 75.0 cm³/mol. The highest BCUT2D eigenvalue weighted by molar-refractivity contribution is 6.05. The van der Waals surface area contributed by atoms with E-state index in [9.17, 15) is 14.0 Å². The van der Waals surface area contributed by atoms with Gasteiger partial charge in [0.05, 0.1) is 23.1 Å². The smallest absolute Gasteiger partial charge is 0.337 e. The van der Waals surface area contributed by atoms with Crippen LogP contribution in [0.3, 0.4) is 0 Å². The van der Waals surface area contributed by atoms with Gasteiger partial charge in [-0.25, -0.2) is 14.0 Å². The Morgan fingerprint density at radius 1 is 1.33 bits per heavy atom. The number of pyridine rings is 1. The number of nitrogens with one attached hydrogen (secondary N) is 1. The van der Waals surface area contributed by atoms with Crippen LogP contribution in [0.1, 0.15) is 10.4 Å². The molecule has 0 unspecified atom stereocenters. The molecular weight excluding hydrogens is 277 g/mol. The molecule has 0 saturated carbocycles. The van der Waals surface area contributed by atoms with Crippen LogP contribution in [0.4, 0.5) is 20.6 Å². The average molecular weight is 289 g/mol. The van der Waals surface area contributed by atoms with Gasteiger partial charge in [-0.05, 0) is 30.3 Å². The van der Waals surface area contributed by atoms with Crippen molar-refractivity contribution in [2.45, 2.75) is 0 Å². The summed E-state index contributed by atoms with van der Waals surface area (Å²) in [5.41, 5.74) is 0.238. The molecule has 1 heterocycles. The molecule has 7 heteroatoms. The van der Waals surface area contributed by atoms with Gasteiger partial charge >= 0.3 is 12.0 Å². The molecule has 2 amide bonds. The second-order valence-corrected chi connectivity index (χ2v) is 4.20. The van der Waals surface area contributed by atoms with E-state index in [0.29, 0.717) is 5.69 Å². The molecule has 6 nitrogen and oxygen atoms in total. The Hall–Kier alpha value is -2.96. The maximum Gasteiger partial charge on any atom is 0.337 e. The summed E-state index contributed by atoms with van der Waals surface area (Å²) >= 11 is 0. The maximum absolute atomic E-state index is 13.1. The van der Waals surface area contributed by atoms with Crippen LogP contribution in [-0.2, 0) is 0 Å². The second-order valence-electron chi connectivity index (χ2n) is 4.20. The Bertz CT molecular complexity index is 676. The normalized spacial score (nSPS) is 10.0. The Balaban J connectivity index is 2.22. The highest BCUT2D eigenvalue weighted by atomic mass is 19.1. The lowest BCUT2D eigenvalue weighted by Gasteiger charge is -2.18. The van der Waals surface area contributed by atoms with E-state index in [1.54, 1.807) is 18.3 Å². The van der Waals surface area contributed by atoms with Gasteiger partial charge in [0, 0.05) is 13.2 Å². The molecule has 1 aromatic carbocycles. The van der Waals surface area contributed by atoms with Crippen LogP contribution in [0.15, 0.2) is 42.7 Å². The molecule has 0 saturated heterocycles. The zero-order chi connectivity index (χ0) is 15.4. The summed E-state index contributed by atoms with van der Waals surface area (Å²) in [5, 5.41) is 11.4. The molecule has 0 fully saturated rings. The van der Waals surface area contributed by atoms with Crippen molar-refractivity contribution in [2.75, 3.05) is 17.3 Å². The van der Waals surface area contributed by atoms with E-state index in [4.69, 9.17) is 5.11 Å². The molecular formula is C14H12FN3O3. The number of hydrogen-bond acceptors (Lipinski definition) is 3. The molecule has 0 radical (unpaired) electrons. The first kappa shape index (κ1) is 14.4. The van der Waals surface area contributed by atoms with Crippen molar-refractivity contribution < 1.29 is 19.1 Å². The van der Waals surface area contributed by atoms with E-state index in [1.165, 1.54) is 24.2 Å². The number of carbonyl (C=O) groups excluding carboxylic acids is 1. The minimum atomic E-state index is -1.33. The fourth-order valence-corrected chi connectivity index (χ4v) is 1.67. The van der Waals surface area contributed by atoms with Crippen LogP contribution in [0.25, 0.3) is 0 Å². The number of rotatable bonds is 3. The number of urea groups is 1. The van der Waals surface area contributed by atoms with Gasteiger partial charge in [-0.15, -0.1) is 0 Å². The number of carboxylic acids is 1. The molecule has 0 aliphatic heterocycles. The Labute approximate surface area is 119 Å². The topological polar surface area (TPSA) is 82.5 Å². The minimum Gasteiger partial charge on any atom is -0.478 e. The molecule has 1 aromatic heterocycles. The summed E-state index contributed by atoms with van der Waals surface area (Å²) in [6, 6.07) is 5.91. The number of amides is 2. The Morgan fingerprint density at radius 3 is 2.71 bits per heavy atom. The number of carbonyl (C=O) groups is 2. The van der Waals surface area contributed by atoms with Crippen molar-refractivity contribution in [1.29, 1.82) is 0 Å². The predicted octanol–water partition coefficient (Wildman–Crippen LogP) is 2.59. The van der Waals surface area contributed by atoms with Gasteiger partial charge in [-0.1, -0.05) is 0 Å². The number of anilines is 2. The van der Waals surface area contributed by atoms with Crippen LogP contribution in [0.5, 0.6) is 0 Å². The number of nitrogens with zero attached hydrogens (tertiary/aromatic N) is 2. The van der Waals surface area contributed by atoms with E-state index in [1.807, 2.05) is 0 Å². The summed E-state index contributed by atoms with van der Waals surface area (Å²) in [6.07, 6.45) is 3.06. The standard InChI is InChI=1S/C14H12FN3O3/c1-18(10-3-2-6-16-8-10)14(21)17-12-5-4-9(15)7-11(12)13(19)20/h2-8H,1H3,(H,17,21)(H,19,20). The SMILES string of the molecule is CN(C(=O)Nc1ccc(F)cc1C(=O)O)c1cccnc1. The molecule has 21 heavy (non-hydrogen) atoms. The van der Waals surface area contributed by atoms with Crippen molar-refractivity contribution in [1.82, 2.24) is 4.98 Å². The van der Waals surface area contributed by atoms with Crippen LogP contribution in [0, 0.1) is 5.82 Å². The van der Waals surface area contributed by atoms with Crippen LogP contribution >= 0.6 is 0 Å². The Kier molecular flexibility index (Phi) is 4.13. The van der Waals surface area contributed by atoms with Crippen molar-refractivity contribution in [3.63, 3.8) is 0 Å². The third kappa shape index (κ3) is 3.33. The maximum atomic E-state index is 13.1. The van der Waals surface area contributed by atoms with Crippen LogP contribution in [-0.4, -0.2) is 29.1 Å². The number of hydrogen-bond donors (Lipinski definition) is 2. The van der Waals surface area contributed by atoms with Crippen LogP contribution in [0.2, 0.25) is 0 Å². The zero-order valence-electron chi connectivity index (χ0n) is 11.1. The number of benzene rings is 1. The van der Waals surface area contributed by atoms with Crippen LogP contribution < -0.4 is 10.2 Å². The van der Waals surface area contributed by atoms with Crippen molar-refractivity contribution in [3.8, 4) is 0 Å². The fourth-order valence-electron chi connectivity index (χ4n) is 1.67. The lowest BCUT2D eigenvalue weighted by molar-refractivity contribution is 0.0697. The molecule has 2 aromatic rings. The number of aromatic carboxylic acids is 1. The largest absolute Gasteiger partial charge is 0.478 e. The minimum absolute atomic E-state index is 0.0182. The van der Waals surface area contributed by atoms with Gasteiger partial charge in [0.25, 0.3) is 0 Å². The average Bonchev–Trinajstić information content (AvgIpc) is 2.49. The van der Waals surface area contributed by atoms with E-state index in [-0.39, 0.29) is 11.3 Å². The molecule has 2 N–H and O–H groups in total. The van der Waals surface area contributed by atoms with Gasteiger partial charge in [0.1, 0.15) is 5.82 Å². The summed E-state index contributed by atoms with van der Waals surface area (Å²) in [6.45, 7) is 0. The molecule has 108 valence electrons. The summed E-state index contributed by atoms with van der Waals surface area (Å²) < 4.78 is 13.1. The van der Waals surface area contributed by atoms with E-state index >= 15 is 0 Å². The van der Waals surface area contributed by atoms with Crippen molar-refractivity contribution in [2.24, 2.45) is 0 Å². The number of carboxylic acid groups (broad SMARTS) is 1. The molecule has 2 rings (SSSR count). The summed E-state index contributed by atoms with van der Waals surface area (Å²) in [4.78, 5) is 28.3. The summed E-state index contributed by atoms with van der Waals surface area (Å²) in [5.74, 6) is -2.01. The number of aromatic nitrogens is 1. The van der Waals surface area contributed by atoms with Gasteiger partial charge in [0.15, 0.2) is 0 Å². The van der Waals surface area contributed by atoms with E-state index < -0.39 is 17.8 Å². The first-order valence-corrected chi connectivity index (χ1v) is 5.96. The van der Waals surface area contributed by atoms with Crippen molar-refractivity contribution >= 4 is 23.4 Å². The van der Waals surface area contributed by atoms with Gasteiger partial charge in [0.2, 0.25) is 0 Å². The first-order valence-electron chi connectivity index (χ1n) is 5.96. The third-order valence-corrected chi connectivity index (χ3v) is 2.79. The molecule has 0 spiro atoms. The molecule has 0 aliphatic carbocycles. The first-order chi connectivity index (χ1) is 9.99. The second kappa shape index (κ2) is 6.00. The van der Waals surface area contributed by atoms with Gasteiger partial charge in [-0.2, -0.15) is 0 Å². The third-order valence-electron chi connectivity index (χ3n) is 2.79. The van der Waals surface area contributed by atoms with Gasteiger partial charge in [-0.3, -0.25) is 9.88 Å². The lowest BCUT2D eigenvalue weighted by atomic mass is 10.1. The molecule has 0 bridgehead atoms. The number of halogens is 1. The molecule has 0 atom stereocenters. The van der Waals surface area contributed by atoms with E-state index in [2.05, 4.69) is 10.3 Å². The Morgan fingerprint density at radius 2 is 2.10 bits per heavy atom. The van der Waals surface area contributed by atoms with Crippen molar-refractivity contribution in [3.05, 3.63) is 54.1 Å². The lowest BCUT2D eigenvalue weighted by Crippen LogP contribution is -2.31. The van der Waals surface area contributed by atoms with E-state index in [0.717, 1.165) is 12.1 Å². The zero-order valence-corrected chi connectivity index (χ0v) is 11.1. The monoisotopic (exact) mass is 289 g/mol. The highest BCUT2D eigenvalue weighted by Crippen LogP contribution is 2.19.